The van der Waals surface area contributed by atoms with Crippen molar-refractivity contribution in [2.75, 3.05) is 37.9 Å². The molecule has 33 heavy (non-hydrogen) atoms. The molecule has 0 amide bonds. The summed E-state index contributed by atoms with van der Waals surface area (Å²) in [6.45, 7) is 4.28. The predicted molar refractivity (Wildman–Crippen MR) is 129 cm³/mol. The van der Waals surface area contributed by atoms with Crippen LogP contribution in [-0.2, 0) is 9.53 Å². The summed E-state index contributed by atoms with van der Waals surface area (Å²) < 4.78 is 10.9. The van der Waals surface area contributed by atoms with Crippen molar-refractivity contribution in [2.24, 2.45) is 0 Å². The van der Waals surface area contributed by atoms with E-state index in [-0.39, 0.29) is 18.1 Å². The minimum atomic E-state index is -0.155. The molecule has 2 heterocycles. The molecule has 174 valence electrons. The Labute approximate surface area is 194 Å². The van der Waals surface area contributed by atoms with Crippen LogP contribution in [-0.4, -0.2) is 53.7 Å². The number of aromatic nitrogens is 2. The maximum absolute atomic E-state index is 11.9. The molecular weight excluding hydrogens is 418 g/mol. The summed E-state index contributed by atoms with van der Waals surface area (Å²) >= 11 is 0. The molecule has 0 bridgehead atoms. The van der Waals surface area contributed by atoms with Gasteiger partial charge < -0.3 is 20.5 Å². The number of ether oxygens (including phenoxy) is 2. The van der Waals surface area contributed by atoms with Gasteiger partial charge in [-0.25, -0.2) is 9.97 Å². The fourth-order valence-electron chi connectivity index (χ4n) is 4.32. The van der Waals surface area contributed by atoms with Crippen LogP contribution in [0.3, 0.4) is 0 Å². The lowest BCUT2D eigenvalue weighted by Crippen LogP contribution is -2.37. The molecular formula is C25H31N5O3. The van der Waals surface area contributed by atoms with Crippen LogP contribution in [0.25, 0.3) is 10.9 Å². The number of nitrogen functional groups attached to an aromatic ring is 1. The Bertz CT molecular complexity index is 1090. The van der Waals surface area contributed by atoms with E-state index in [0.29, 0.717) is 18.0 Å². The summed E-state index contributed by atoms with van der Waals surface area (Å²) in [4.78, 5) is 22.9. The van der Waals surface area contributed by atoms with E-state index in [2.05, 4.69) is 39.2 Å². The molecule has 1 fully saturated rings. The van der Waals surface area contributed by atoms with Crippen molar-refractivity contribution < 1.29 is 14.3 Å². The van der Waals surface area contributed by atoms with Gasteiger partial charge in [-0.2, -0.15) is 0 Å². The predicted octanol–water partition coefficient (Wildman–Crippen LogP) is 3.79. The number of rotatable bonds is 9. The number of esters is 1. The van der Waals surface area contributed by atoms with Crippen molar-refractivity contribution in [3.63, 3.8) is 0 Å². The second kappa shape index (κ2) is 10.5. The lowest BCUT2D eigenvalue weighted by Gasteiger charge is -2.22. The minimum absolute atomic E-state index is 0.0841. The van der Waals surface area contributed by atoms with Gasteiger partial charge in [0.05, 0.1) is 24.9 Å². The third-order valence-corrected chi connectivity index (χ3v) is 6.10. The highest BCUT2D eigenvalue weighted by molar-refractivity contribution is 5.93. The number of carbonyl (C=O) groups excluding carboxylic acids is 1. The Hall–Kier alpha value is -3.39. The molecule has 0 radical (unpaired) electrons. The molecule has 0 spiro atoms. The summed E-state index contributed by atoms with van der Waals surface area (Å²) in [5, 5.41) is 4.31. The van der Waals surface area contributed by atoms with Gasteiger partial charge in [0, 0.05) is 24.0 Å². The first-order valence-electron chi connectivity index (χ1n) is 11.4. The van der Waals surface area contributed by atoms with E-state index in [1.165, 1.54) is 12.7 Å². The standard InChI is InChI=1S/C25H31N5O3/c1-17(18-8-4-3-5-9-18)29-24-19-14-20(26)23(15-21(19)27-16-28-24)33-13-7-12-30-11-6-10-22(30)25(31)32-2/h3-5,8-9,14-17,22H,6-7,10-13,26H2,1-2H3,(H,27,28,29)/t17-,22-/m1/s1. The highest BCUT2D eigenvalue weighted by atomic mass is 16.5. The first-order valence-corrected chi connectivity index (χ1v) is 11.4. The Kier molecular flexibility index (Phi) is 7.24. The zero-order valence-electron chi connectivity index (χ0n) is 19.2. The van der Waals surface area contributed by atoms with Crippen LogP contribution >= 0.6 is 0 Å². The first kappa shape index (κ1) is 22.8. The largest absolute Gasteiger partial charge is 0.491 e. The monoisotopic (exact) mass is 449 g/mol. The number of nitrogens with zero attached hydrogens (tertiary/aromatic N) is 3. The third-order valence-electron chi connectivity index (χ3n) is 6.10. The number of nitrogens with two attached hydrogens (primary N) is 1. The third kappa shape index (κ3) is 5.34. The normalized spacial score (nSPS) is 17.1. The fourth-order valence-corrected chi connectivity index (χ4v) is 4.32. The number of hydrogen-bond donors (Lipinski definition) is 2. The van der Waals surface area contributed by atoms with Gasteiger partial charge in [0.25, 0.3) is 0 Å². The minimum Gasteiger partial charge on any atom is -0.491 e. The van der Waals surface area contributed by atoms with Crippen LogP contribution < -0.4 is 15.8 Å². The lowest BCUT2D eigenvalue weighted by molar-refractivity contribution is -0.145. The van der Waals surface area contributed by atoms with Crippen LogP contribution in [0.1, 0.15) is 37.8 Å². The molecule has 1 aliphatic rings. The molecule has 0 saturated carbocycles. The van der Waals surface area contributed by atoms with Crippen LogP contribution in [0.2, 0.25) is 0 Å². The van der Waals surface area contributed by atoms with Gasteiger partial charge in [0.1, 0.15) is 23.9 Å². The second-order valence-electron chi connectivity index (χ2n) is 8.33. The van der Waals surface area contributed by atoms with Crippen LogP contribution in [0.5, 0.6) is 5.75 Å². The van der Waals surface area contributed by atoms with Crippen LogP contribution in [0.4, 0.5) is 11.5 Å². The molecule has 2 atom stereocenters. The van der Waals surface area contributed by atoms with E-state index in [1.54, 1.807) is 6.33 Å². The van der Waals surface area contributed by atoms with Gasteiger partial charge in [0.15, 0.2) is 0 Å². The molecule has 2 aromatic carbocycles. The first-order chi connectivity index (χ1) is 16.1. The van der Waals surface area contributed by atoms with Gasteiger partial charge in [-0.3, -0.25) is 9.69 Å². The van der Waals surface area contributed by atoms with Crippen LogP contribution in [0.15, 0.2) is 48.8 Å². The average Bonchev–Trinajstić information content (AvgIpc) is 3.31. The van der Waals surface area contributed by atoms with E-state index in [1.807, 2.05) is 30.3 Å². The highest BCUT2D eigenvalue weighted by Gasteiger charge is 2.30. The average molecular weight is 450 g/mol. The Balaban J connectivity index is 1.39. The van der Waals surface area contributed by atoms with Crippen molar-refractivity contribution in [1.82, 2.24) is 14.9 Å². The number of nitrogens with one attached hydrogen (secondary N) is 1. The lowest BCUT2D eigenvalue weighted by atomic mass is 10.1. The van der Waals surface area contributed by atoms with Gasteiger partial charge in [0.2, 0.25) is 0 Å². The van der Waals surface area contributed by atoms with E-state index in [9.17, 15) is 4.79 Å². The van der Waals surface area contributed by atoms with E-state index >= 15 is 0 Å². The van der Waals surface area contributed by atoms with Gasteiger partial charge in [-0.15, -0.1) is 0 Å². The molecule has 1 aromatic heterocycles. The second-order valence-corrected chi connectivity index (χ2v) is 8.33. The maximum Gasteiger partial charge on any atom is 0.323 e. The van der Waals surface area contributed by atoms with Gasteiger partial charge in [-0.1, -0.05) is 30.3 Å². The number of likely N-dealkylation sites (tertiary alicyclic amines) is 1. The molecule has 8 nitrogen and oxygen atoms in total. The number of carbonyl (C=O) groups is 1. The molecule has 0 unspecified atom stereocenters. The topological polar surface area (TPSA) is 103 Å². The summed E-state index contributed by atoms with van der Waals surface area (Å²) in [5.74, 6) is 1.18. The van der Waals surface area contributed by atoms with E-state index < -0.39 is 0 Å². The molecule has 1 aliphatic heterocycles. The van der Waals surface area contributed by atoms with E-state index in [0.717, 1.165) is 49.1 Å². The van der Waals surface area contributed by atoms with Gasteiger partial charge >= 0.3 is 5.97 Å². The molecule has 3 aromatic rings. The van der Waals surface area contributed by atoms with Crippen LogP contribution in [0, 0.1) is 0 Å². The summed E-state index contributed by atoms with van der Waals surface area (Å²) in [6.07, 6.45) is 4.19. The summed E-state index contributed by atoms with van der Waals surface area (Å²) in [6, 6.07) is 13.9. The zero-order valence-corrected chi connectivity index (χ0v) is 19.2. The SMILES string of the molecule is COC(=O)[C@H]1CCCN1CCCOc1cc2ncnc(N[C@H](C)c3ccccc3)c2cc1N. The fraction of sp³-hybridized carbons (Fsp3) is 0.400. The van der Waals surface area contributed by atoms with Crippen molar-refractivity contribution in [1.29, 1.82) is 0 Å². The Morgan fingerprint density at radius 1 is 1.27 bits per heavy atom. The molecule has 4 rings (SSSR count). The number of benzene rings is 2. The Morgan fingerprint density at radius 3 is 2.88 bits per heavy atom. The molecule has 0 aliphatic carbocycles. The number of methoxy groups -OCH3 is 1. The highest BCUT2D eigenvalue weighted by Crippen LogP contribution is 2.31. The van der Waals surface area contributed by atoms with Crippen molar-refractivity contribution in [3.8, 4) is 5.75 Å². The smallest absolute Gasteiger partial charge is 0.323 e. The maximum atomic E-state index is 11.9. The van der Waals surface area contributed by atoms with Crippen molar-refractivity contribution >= 4 is 28.4 Å². The molecule has 1 saturated heterocycles. The zero-order chi connectivity index (χ0) is 23.2. The molecule has 3 N–H and O–H groups in total. The Morgan fingerprint density at radius 2 is 2.09 bits per heavy atom. The number of fused-ring (bicyclic) bond motifs is 1. The summed E-state index contributed by atoms with van der Waals surface area (Å²) in [7, 11) is 1.44. The quantitative estimate of drug-likeness (QED) is 0.289. The van der Waals surface area contributed by atoms with Crippen molar-refractivity contribution in [3.05, 3.63) is 54.4 Å². The van der Waals surface area contributed by atoms with Gasteiger partial charge in [-0.05, 0) is 44.4 Å². The number of hydrogen-bond acceptors (Lipinski definition) is 8. The van der Waals surface area contributed by atoms with Crippen molar-refractivity contribution in [2.45, 2.75) is 38.3 Å². The molecule has 8 heteroatoms. The summed E-state index contributed by atoms with van der Waals surface area (Å²) in [5.41, 5.74) is 8.78. The van der Waals surface area contributed by atoms with E-state index in [4.69, 9.17) is 15.2 Å². The number of anilines is 2.